The van der Waals surface area contributed by atoms with Crippen molar-refractivity contribution in [1.82, 2.24) is 19.5 Å². The van der Waals surface area contributed by atoms with E-state index in [1.54, 1.807) is 15.5 Å². The molecule has 4 heterocycles. The van der Waals surface area contributed by atoms with Gasteiger partial charge < -0.3 is 9.80 Å². The predicted molar refractivity (Wildman–Crippen MR) is 156 cm³/mol. The van der Waals surface area contributed by atoms with E-state index in [2.05, 4.69) is 22.6 Å². The highest BCUT2D eigenvalue weighted by Gasteiger charge is 2.34. The van der Waals surface area contributed by atoms with Gasteiger partial charge in [-0.1, -0.05) is 42.8 Å². The van der Waals surface area contributed by atoms with E-state index in [9.17, 15) is 13.2 Å². The van der Waals surface area contributed by atoms with Crippen molar-refractivity contribution in [2.24, 2.45) is 5.92 Å². The van der Waals surface area contributed by atoms with Gasteiger partial charge in [-0.25, -0.2) is 17.9 Å². The Balaban J connectivity index is 1.42. The Morgan fingerprint density at radius 1 is 1.12 bits per heavy atom. The van der Waals surface area contributed by atoms with Crippen LogP contribution >= 0.6 is 11.6 Å². The molecule has 2 atom stereocenters. The molecule has 6 rings (SSSR count). The molecule has 2 aromatic carbocycles. The minimum absolute atomic E-state index is 0.186. The lowest BCUT2D eigenvalue weighted by Crippen LogP contribution is -2.39. The number of hydrogen-bond donors (Lipinski definition) is 1. The molecule has 2 aliphatic heterocycles. The molecule has 0 saturated carbocycles. The summed E-state index contributed by atoms with van der Waals surface area (Å²) in [6, 6.07) is 14.2. The van der Waals surface area contributed by atoms with Crippen LogP contribution in [-0.4, -0.2) is 53.2 Å². The molecular formula is C29H31ClN6O3S. The Kier molecular flexibility index (Phi) is 6.70. The molecule has 0 spiro atoms. The fraction of sp³-hybridized carbons (Fsp3) is 0.345. The van der Waals surface area contributed by atoms with E-state index >= 15 is 0 Å². The number of carbonyl (C=O) groups is 1. The van der Waals surface area contributed by atoms with Gasteiger partial charge in [0.2, 0.25) is 10.0 Å². The van der Waals surface area contributed by atoms with Gasteiger partial charge in [0.25, 0.3) is 5.91 Å². The molecule has 4 aromatic rings. The van der Waals surface area contributed by atoms with Crippen molar-refractivity contribution in [3.8, 4) is 0 Å². The van der Waals surface area contributed by atoms with E-state index in [1.165, 1.54) is 12.1 Å². The van der Waals surface area contributed by atoms with Gasteiger partial charge in [-0.3, -0.25) is 9.52 Å². The van der Waals surface area contributed by atoms with Gasteiger partial charge in [0.05, 0.1) is 29.2 Å². The van der Waals surface area contributed by atoms with Crippen LogP contribution in [0.4, 0.5) is 11.5 Å². The van der Waals surface area contributed by atoms with Crippen LogP contribution in [0.2, 0.25) is 5.02 Å². The summed E-state index contributed by atoms with van der Waals surface area (Å²) in [5, 5.41) is 5.22. The first-order valence-electron chi connectivity index (χ1n) is 13.3. The SMILES string of the molecule is Cc1cn2nc([C@@H]3Cc4ccccc4CN3C(=O)c3cc(Cl)ccc3NS(C)(=O)=O)cc2nc1N1CC[C@H](C)C1. The maximum Gasteiger partial charge on any atom is 0.256 e. The number of rotatable bonds is 5. The van der Waals surface area contributed by atoms with Crippen LogP contribution in [0.1, 0.15) is 52.1 Å². The van der Waals surface area contributed by atoms with Gasteiger partial charge in [-0.15, -0.1) is 0 Å². The van der Waals surface area contributed by atoms with Crippen LogP contribution in [0.25, 0.3) is 5.65 Å². The minimum Gasteiger partial charge on any atom is -0.356 e. The average molecular weight is 579 g/mol. The molecule has 1 amide bonds. The van der Waals surface area contributed by atoms with Crippen molar-refractivity contribution >= 4 is 44.7 Å². The molecule has 2 aromatic heterocycles. The summed E-state index contributed by atoms with van der Waals surface area (Å²) in [7, 11) is -3.62. The first-order chi connectivity index (χ1) is 19.1. The summed E-state index contributed by atoms with van der Waals surface area (Å²) in [5.41, 5.74) is 5.05. The van der Waals surface area contributed by atoms with Gasteiger partial charge in [0, 0.05) is 42.5 Å². The lowest BCUT2D eigenvalue weighted by atomic mass is 9.91. The van der Waals surface area contributed by atoms with E-state index in [4.69, 9.17) is 21.7 Å². The number of anilines is 2. The topological polar surface area (TPSA) is 99.9 Å². The normalized spacial score (nSPS) is 19.2. The third kappa shape index (κ3) is 5.13. The molecule has 2 aliphatic rings. The number of amides is 1. The fourth-order valence-electron chi connectivity index (χ4n) is 5.77. The summed E-state index contributed by atoms with van der Waals surface area (Å²) in [4.78, 5) is 23.2. The van der Waals surface area contributed by atoms with Gasteiger partial charge in [0.15, 0.2) is 5.65 Å². The number of halogens is 1. The molecule has 0 radical (unpaired) electrons. The molecular weight excluding hydrogens is 548 g/mol. The van der Waals surface area contributed by atoms with Gasteiger partial charge >= 0.3 is 0 Å². The molecule has 1 saturated heterocycles. The van der Waals surface area contributed by atoms with Crippen molar-refractivity contribution < 1.29 is 13.2 Å². The number of hydrogen-bond acceptors (Lipinski definition) is 6. The van der Waals surface area contributed by atoms with E-state index in [-0.39, 0.29) is 23.2 Å². The predicted octanol–water partition coefficient (Wildman–Crippen LogP) is 4.85. The minimum atomic E-state index is -3.62. The Morgan fingerprint density at radius 3 is 2.62 bits per heavy atom. The van der Waals surface area contributed by atoms with E-state index < -0.39 is 10.0 Å². The molecule has 1 N–H and O–H groups in total. The Labute approximate surface area is 238 Å². The second-order valence-electron chi connectivity index (χ2n) is 10.9. The second-order valence-corrected chi connectivity index (χ2v) is 13.1. The molecule has 0 bridgehead atoms. The zero-order valence-corrected chi connectivity index (χ0v) is 24.2. The van der Waals surface area contributed by atoms with Crippen molar-refractivity contribution in [3.05, 3.63) is 87.7 Å². The van der Waals surface area contributed by atoms with E-state index in [0.29, 0.717) is 23.9 Å². The fourth-order valence-corrected chi connectivity index (χ4v) is 6.52. The largest absolute Gasteiger partial charge is 0.356 e. The second kappa shape index (κ2) is 10.1. The average Bonchev–Trinajstić information content (AvgIpc) is 3.52. The van der Waals surface area contributed by atoms with Gasteiger partial charge in [0.1, 0.15) is 5.82 Å². The Morgan fingerprint density at radius 2 is 1.90 bits per heavy atom. The van der Waals surface area contributed by atoms with E-state index in [0.717, 1.165) is 59.6 Å². The summed E-state index contributed by atoms with van der Waals surface area (Å²) >= 11 is 6.28. The Hall–Kier alpha value is -3.63. The highest BCUT2D eigenvalue weighted by Crippen LogP contribution is 2.36. The third-order valence-corrected chi connectivity index (χ3v) is 8.53. The van der Waals surface area contributed by atoms with Crippen LogP contribution < -0.4 is 9.62 Å². The monoisotopic (exact) mass is 578 g/mol. The summed E-state index contributed by atoms with van der Waals surface area (Å²) in [6.45, 7) is 6.62. The number of fused-ring (bicyclic) bond motifs is 2. The number of sulfonamides is 1. The highest BCUT2D eigenvalue weighted by molar-refractivity contribution is 7.92. The molecule has 0 unspecified atom stereocenters. The van der Waals surface area contributed by atoms with Crippen LogP contribution in [0.5, 0.6) is 0 Å². The zero-order valence-electron chi connectivity index (χ0n) is 22.6. The van der Waals surface area contributed by atoms with Crippen molar-refractivity contribution in [2.75, 3.05) is 29.0 Å². The summed E-state index contributed by atoms with van der Waals surface area (Å²) < 4.78 is 28.4. The standard InChI is InChI=1S/C29H31ClN6O3S/c1-18-10-11-34(15-18)28-19(2)16-36-27(31-28)14-25(32-36)26-12-20-6-4-5-7-21(20)17-35(26)29(37)23-13-22(30)8-9-24(23)33-40(3,38)39/h4-9,13-14,16,18,26,33H,10-12,15,17H2,1-3H3/t18-,26-/m0/s1. The van der Waals surface area contributed by atoms with Crippen LogP contribution in [0, 0.1) is 12.8 Å². The van der Waals surface area contributed by atoms with Crippen molar-refractivity contribution in [1.29, 1.82) is 0 Å². The molecule has 208 valence electrons. The van der Waals surface area contributed by atoms with Gasteiger partial charge in [-0.05, 0) is 55.0 Å². The van der Waals surface area contributed by atoms with Crippen LogP contribution in [0.3, 0.4) is 0 Å². The number of aromatic nitrogens is 3. The quantitative estimate of drug-likeness (QED) is 0.363. The molecule has 0 aliphatic carbocycles. The molecule has 9 nitrogen and oxygen atoms in total. The molecule has 1 fully saturated rings. The lowest BCUT2D eigenvalue weighted by Gasteiger charge is -2.36. The number of nitrogens with one attached hydrogen (secondary N) is 1. The first-order valence-corrected chi connectivity index (χ1v) is 15.6. The molecule has 40 heavy (non-hydrogen) atoms. The smallest absolute Gasteiger partial charge is 0.256 e. The van der Waals surface area contributed by atoms with Gasteiger partial charge in [-0.2, -0.15) is 5.10 Å². The number of aryl methyl sites for hydroxylation is 1. The third-order valence-electron chi connectivity index (χ3n) is 7.71. The maximum absolute atomic E-state index is 14.2. The summed E-state index contributed by atoms with van der Waals surface area (Å²) in [6.07, 6.45) is 4.77. The van der Waals surface area contributed by atoms with Crippen LogP contribution in [0.15, 0.2) is 54.7 Å². The van der Waals surface area contributed by atoms with Crippen molar-refractivity contribution in [3.63, 3.8) is 0 Å². The van der Waals surface area contributed by atoms with Crippen LogP contribution in [-0.2, 0) is 23.0 Å². The number of nitrogens with zero attached hydrogens (tertiary/aromatic N) is 5. The van der Waals surface area contributed by atoms with E-state index in [1.807, 2.05) is 37.4 Å². The molecule has 11 heteroatoms. The van der Waals surface area contributed by atoms with Crippen molar-refractivity contribution in [2.45, 2.75) is 39.3 Å². The summed E-state index contributed by atoms with van der Waals surface area (Å²) in [5.74, 6) is 1.27. The lowest BCUT2D eigenvalue weighted by molar-refractivity contribution is 0.0634. The number of carbonyl (C=O) groups excluding carboxylic acids is 1. The zero-order chi connectivity index (χ0) is 28.2. The maximum atomic E-state index is 14.2. The Bertz CT molecular complexity index is 1740. The number of benzene rings is 2. The first kappa shape index (κ1) is 26.6. The highest BCUT2D eigenvalue weighted by atomic mass is 35.5.